The molecular weight excluding hydrogens is 314 g/mol. The molecule has 1 aromatic carbocycles. The minimum Gasteiger partial charge on any atom is -0.490 e. The molecule has 3 rings (SSSR count). The fourth-order valence-corrected chi connectivity index (χ4v) is 3.26. The lowest BCUT2D eigenvalue weighted by Crippen LogP contribution is -2.41. The van der Waals surface area contributed by atoms with Crippen LogP contribution in [0.4, 0.5) is 0 Å². The van der Waals surface area contributed by atoms with Crippen molar-refractivity contribution < 1.29 is 19.0 Å². The average molecular weight is 333 g/mol. The Morgan fingerprint density at radius 2 is 2.30 bits per heavy atom. The second-order valence-corrected chi connectivity index (χ2v) is 6.84. The number of hydrogen-bond acceptors (Lipinski definition) is 6. The Hall–Kier alpha value is -1.92. The molecule has 0 saturated carbocycles. The highest BCUT2D eigenvalue weighted by Gasteiger charge is 2.29. The smallest absolute Gasteiger partial charge is 0.338 e. The molecule has 2 heterocycles. The lowest BCUT2D eigenvalue weighted by Gasteiger charge is -2.34. The van der Waals surface area contributed by atoms with Gasteiger partial charge in [-0.05, 0) is 19.1 Å². The van der Waals surface area contributed by atoms with Gasteiger partial charge in [0, 0.05) is 17.0 Å². The predicted molar refractivity (Wildman–Crippen MR) is 88.0 cm³/mol. The number of thiazole rings is 1. The van der Waals surface area contributed by atoms with Gasteiger partial charge >= 0.3 is 5.97 Å². The van der Waals surface area contributed by atoms with Crippen LogP contribution in [0.3, 0.4) is 0 Å². The van der Waals surface area contributed by atoms with Crippen molar-refractivity contribution in [3.05, 3.63) is 34.8 Å². The number of nitrogens with zero attached hydrogens (tertiary/aromatic N) is 1. The first-order chi connectivity index (χ1) is 11.1. The average Bonchev–Trinajstić information content (AvgIpc) is 2.98. The molecule has 1 aromatic heterocycles. The van der Waals surface area contributed by atoms with E-state index in [1.165, 1.54) is 18.4 Å². The van der Waals surface area contributed by atoms with Crippen LogP contribution in [-0.4, -0.2) is 37.4 Å². The largest absolute Gasteiger partial charge is 0.490 e. The molecule has 1 aliphatic heterocycles. The maximum Gasteiger partial charge on any atom is 0.338 e. The molecule has 6 heteroatoms. The van der Waals surface area contributed by atoms with Gasteiger partial charge in [0.25, 0.3) is 0 Å². The molecule has 0 spiro atoms. The van der Waals surface area contributed by atoms with Crippen LogP contribution in [0.25, 0.3) is 10.6 Å². The van der Waals surface area contributed by atoms with Gasteiger partial charge in [-0.25, -0.2) is 9.78 Å². The molecule has 0 radical (unpaired) electrons. The number of methoxy groups -OCH3 is 1. The molecule has 0 N–H and O–H groups in total. The van der Waals surface area contributed by atoms with Crippen LogP contribution in [0.15, 0.2) is 24.4 Å². The zero-order valence-electron chi connectivity index (χ0n) is 13.4. The Morgan fingerprint density at radius 1 is 1.48 bits per heavy atom. The second-order valence-electron chi connectivity index (χ2n) is 5.61. The van der Waals surface area contributed by atoms with E-state index in [0.29, 0.717) is 29.4 Å². The summed E-state index contributed by atoms with van der Waals surface area (Å²) in [5.41, 5.74) is 1.14. The summed E-state index contributed by atoms with van der Waals surface area (Å²) < 4.78 is 16.3. The van der Waals surface area contributed by atoms with Crippen molar-refractivity contribution in [3.8, 4) is 16.3 Å². The fraction of sp³-hybridized carbons (Fsp3) is 0.412. The summed E-state index contributed by atoms with van der Waals surface area (Å²) in [6, 6.07) is 5.37. The van der Waals surface area contributed by atoms with Crippen LogP contribution < -0.4 is 4.74 Å². The first-order valence-corrected chi connectivity index (χ1v) is 8.30. The fourth-order valence-electron chi connectivity index (χ4n) is 2.43. The number of hydrogen-bond donors (Lipinski definition) is 0. The number of carbonyl (C=O) groups excluding carboxylic acids is 1. The molecule has 0 aliphatic carbocycles. The van der Waals surface area contributed by atoms with Gasteiger partial charge in [0.05, 0.1) is 30.9 Å². The van der Waals surface area contributed by atoms with E-state index in [0.717, 1.165) is 16.5 Å². The summed E-state index contributed by atoms with van der Waals surface area (Å²) >= 11 is 1.52. The summed E-state index contributed by atoms with van der Waals surface area (Å²) in [6.45, 7) is 5.34. The number of esters is 1. The Morgan fingerprint density at radius 3 is 2.87 bits per heavy atom. The van der Waals surface area contributed by atoms with E-state index in [1.807, 2.05) is 13.0 Å². The van der Waals surface area contributed by atoms with Gasteiger partial charge in [-0.15, -0.1) is 11.3 Å². The number of ether oxygens (including phenoxy) is 3. The van der Waals surface area contributed by atoms with Crippen molar-refractivity contribution in [2.24, 2.45) is 5.92 Å². The Balaban J connectivity index is 1.95. The minimum absolute atomic E-state index is 0.0997. The third-order valence-corrected chi connectivity index (χ3v) is 4.81. The highest BCUT2D eigenvalue weighted by atomic mass is 32.1. The first kappa shape index (κ1) is 16.0. The van der Waals surface area contributed by atoms with Crippen molar-refractivity contribution in [2.75, 3.05) is 20.3 Å². The van der Waals surface area contributed by atoms with Gasteiger partial charge in [-0.1, -0.05) is 13.0 Å². The topological polar surface area (TPSA) is 57.7 Å². The van der Waals surface area contributed by atoms with Crippen LogP contribution in [0.1, 0.15) is 22.2 Å². The van der Waals surface area contributed by atoms with Crippen molar-refractivity contribution in [1.82, 2.24) is 4.98 Å². The molecule has 0 amide bonds. The zero-order valence-corrected chi connectivity index (χ0v) is 14.2. The van der Waals surface area contributed by atoms with Crippen molar-refractivity contribution in [2.45, 2.75) is 20.0 Å². The van der Waals surface area contributed by atoms with Crippen molar-refractivity contribution in [3.63, 3.8) is 0 Å². The van der Waals surface area contributed by atoms with Gasteiger partial charge < -0.3 is 14.2 Å². The van der Waals surface area contributed by atoms with E-state index in [2.05, 4.69) is 11.9 Å². The quantitative estimate of drug-likeness (QED) is 0.786. The maximum atomic E-state index is 12.1. The highest BCUT2D eigenvalue weighted by Crippen LogP contribution is 2.37. The third kappa shape index (κ3) is 3.23. The van der Waals surface area contributed by atoms with Crippen LogP contribution in [0, 0.1) is 12.8 Å². The molecule has 5 nitrogen and oxygen atoms in total. The molecule has 1 saturated heterocycles. The molecule has 2 aromatic rings. The molecular formula is C17H19NO4S. The second kappa shape index (κ2) is 6.68. The molecule has 122 valence electrons. The van der Waals surface area contributed by atoms with E-state index in [9.17, 15) is 4.79 Å². The van der Waals surface area contributed by atoms with Crippen molar-refractivity contribution >= 4 is 17.3 Å². The molecule has 1 aliphatic rings. The van der Waals surface area contributed by atoms with Gasteiger partial charge in [0.2, 0.25) is 0 Å². The predicted octanol–water partition coefficient (Wildman–Crippen LogP) is 3.32. The van der Waals surface area contributed by atoms with Crippen LogP contribution in [0.2, 0.25) is 0 Å². The number of rotatable bonds is 5. The van der Waals surface area contributed by atoms with E-state index >= 15 is 0 Å². The van der Waals surface area contributed by atoms with E-state index < -0.39 is 5.97 Å². The van der Waals surface area contributed by atoms with Gasteiger partial charge in [0.1, 0.15) is 17.4 Å². The Kier molecular flexibility index (Phi) is 4.63. The lowest BCUT2D eigenvalue weighted by molar-refractivity contribution is -0.123. The number of aryl methyl sites for hydroxylation is 1. The van der Waals surface area contributed by atoms with E-state index in [-0.39, 0.29) is 6.10 Å². The van der Waals surface area contributed by atoms with E-state index in [4.69, 9.17) is 14.2 Å². The summed E-state index contributed by atoms with van der Waals surface area (Å²) in [4.78, 5) is 17.6. The maximum absolute atomic E-state index is 12.1. The summed E-state index contributed by atoms with van der Waals surface area (Å²) in [5.74, 6) is 0.723. The standard InChI is InChI=1S/C17H19NO4S/c1-10-8-21-14(10)9-22-13-6-4-5-12(17(19)20-3)15(13)16-18-7-11(2)23-16/h4-7,10,14H,8-9H2,1-3H3. The van der Waals surface area contributed by atoms with Gasteiger partial charge in [-0.2, -0.15) is 0 Å². The zero-order chi connectivity index (χ0) is 16.4. The normalized spacial score (nSPS) is 20.0. The van der Waals surface area contributed by atoms with Gasteiger partial charge in [0.15, 0.2) is 0 Å². The lowest BCUT2D eigenvalue weighted by atomic mass is 10.0. The third-order valence-electron chi connectivity index (χ3n) is 3.88. The molecule has 23 heavy (non-hydrogen) atoms. The Bertz CT molecular complexity index is 712. The van der Waals surface area contributed by atoms with E-state index in [1.54, 1.807) is 18.3 Å². The first-order valence-electron chi connectivity index (χ1n) is 7.48. The highest BCUT2D eigenvalue weighted by molar-refractivity contribution is 7.15. The summed E-state index contributed by atoms with van der Waals surface area (Å²) in [5, 5.41) is 0.751. The summed E-state index contributed by atoms with van der Waals surface area (Å²) in [6.07, 6.45) is 1.89. The molecule has 0 bridgehead atoms. The van der Waals surface area contributed by atoms with Crippen LogP contribution >= 0.6 is 11.3 Å². The SMILES string of the molecule is COC(=O)c1cccc(OCC2OCC2C)c1-c1ncc(C)s1. The molecule has 1 fully saturated rings. The monoisotopic (exact) mass is 333 g/mol. The van der Waals surface area contributed by atoms with Crippen LogP contribution in [0.5, 0.6) is 5.75 Å². The van der Waals surface area contributed by atoms with Crippen molar-refractivity contribution in [1.29, 1.82) is 0 Å². The number of aromatic nitrogens is 1. The van der Waals surface area contributed by atoms with Gasteiger partial charge in [-0.3, -0.25) is 0 Å². The minimum atomic E-state index is -0.397. The summed E-state index contributed by atoms with van der Waals surface area (Å²) in [7, 11) is 1.37. The molecule has 2 unspecified atom stereocenters. The number of carbonyl (C=O) groups is 1. The Labute approximate surface area is 139 Å². The molecule has 2 atom stereocenters. The number of benzene rings is 1. The van der Waals surface area contributed by atoms with Crippen LogP contribution in [-0.2, 0) is 9.47 Å².